The SMILES string of the molecule is CCc1ccc(C(CN2CCCCCC2)N2CCNCC2C)cc1. The molecule has 3 nitrogen and oxygen atoms in total. The minimum absolute atomic E-state index is 0.533. The molecule has 0 bridgehead atoms. The molecule has 3 rings (SSSR count). The van der Waals surface area contributed by atoms with Crippen molar-refractivity contribution in [1.82, 2.24) is 15.1 Å². The molecule has 2 saturated heterocycles. The van der Waals surface area contributed by atoms with E-state index in [9.17, 15) is 0 Å². The van der Waals surface area contributed by atoms with Gasteiger partial charge in [-0.1, -0.05) is 44.0 Å². The van der Waals surface area contributed by atoms with Gasteiger partial charge in [0.2, 0.25) is 0 Å². The normalized spacial score (nSPS) is 25.3. The Labute approximate surface area is 148 Å². The monoisotopic (exact) mass is 329 g/mol. The van der Waals surface area contributed by atoms with Gasteiger partial charge in [-0.3, -0.25) is 4.90 Å². The van der Waals surface area contributed by atoms with E-state index in [1.165, 1.54) is 56.4 Å². The van der Waals surface area contributed by atoms with Gasteiger partial charge in [0.1, 0.15) is 0 Å². The molecule has 0 aliphatic carbocycles. The van der Waals surface area contributed by atoms with E-state index in [1.54, 1.807) is 0 Å². The number of likely N-dealkylation sites (tertiary alicyclic amines) is 1. The molecule has 2 fully saturated rings. The first-order chi connectivity index (χ1) is 11.8. The first-order valence-corrected chi connectivity index (χ1v) is 10.1. The zero-order valence-electron chi connectivity index (χ0n) is 15.6. The fraction of sp³-hybridized carbons (Fsp3) is 0.714. The molecule has 2 aliphatic heterocycles. The Kier molecular flexibility index (Phi) is 6.70. The number of aryl methyl sites for hydroxylation is 1. The van der Waals surface area contributed by atoms with E-state index in [1.807, 2.05) is 0 Å². The maximum atomic E-state index is 3.55. The lowest BCUT2D eigenvalue weighted by atomic mass is 9.99. The van der Waals surface area contributed by atoms with Gasteiger partial charge in [0.25, 0.3) is 0 Å². The van der Waals surface area contributed by atoms with Crippen molar-refractivity contribution in [2.45, 2.75) is 58.0 Å². The van der Waals surface area contributed by atoms with Crippen LogP contribution in [0.5, 0.6) is 0 Å². The second-order valence-corrected chi connectivity index (χ2v) is 7.62. The summed E-state index contributed by atoms with van der Waals surface area (Å²) in [6.45, 7) is 11.8. The third kappa shape index (κ3) is 4.59. The van der Waals surface area contributed by atoms with E-state index in [2.05, 4.69) is 53.2 Å². The maximum absolute atomic E-state index is 3.55. The average Bonchev–Trinajstić information content (AvgIpc) is 2.89. The van der Waals surface area contributed by atoms with Crippen LogP contribution in [-0.2, 0) is 6.42 Å². The van der Waals surface area contributed by atoms with Crippen LogP contribution in [-0.4, -0.2) is 55.1 Å². The van der Waals surface area contributed by atoms with Crippen molar-refractivity contribution >= 4 is 0 Å². The van der Waals surface area contributed by atoms with E-state index < -0.39 is 0 Å². The maximum Gasteiger partial charge on any atom is 0.0479 e. The first kappa shape index (κ1) is 17.9. The Morgan fingerprint density at radius 2 is 1.75 bits per heavy atom. The van der Waals surface area contributed by atoms with Gasteiger partial charge in [-0.25, -0.2) is 0 Å². The number of rotatable bonds is 5. The molecule has 1 aromatic rings. The second kappa shape index (κ2) is 8.98. The van der Waals surface area contributed by atoms with Crippen LogP contribution in [0.4, 0.5) is 0 Å². The molecule has 2 unspecified atom stereocenters. The van der Waals surface area contributed by atoms with Gasteiger partial charge in [-0.05, 0) is 50.4 Å². The summed E-state index contributed by atoms with van der Waals surface area (Å²) in [6, 6.07) is 10.6. The predicted octanol–water partition coefficient (Wildman–Crippen LogP) is 3.46. The minimum Gasteiger partial charge on any atom is -0.314 e. The van der Waals surface area contributed by atoms with Crippen molar-refractivity contribution in [1.29, 1.82) is 0 Å². The summed E-state index contributed by atoms with van der Waals surface area (Å²) in [7, 11) is 0. The minimum atomic E-state index is 0.533. The molecule has 0 amide bonds. The van der Waals surface area contributed by atoms with Crippen molar-refractivity contribution in [2.24, 2.45) is 0 Å². The molecule has 2 heterocycles. The van der Waals surface area contributed by atoms with Gasteiger partial charge < -0.3 is 10.2 Å². The molecule has 134 valence electrons. The van der Waals surface area contributed by atoms with E-state index in [-0.39, 0.29) is 0 Å². The number of nitrogens with zero attached hydrogens (tertiary/aromatic N) is 2. The third-order valence-electron chi connectivity index (χ3n) is 5.86. The largest absolute Gasteiger partial charge is 0.314 e. The van der Waals surface area contributed by atoms with Gasteiger partial charge in [-0.2, -0.15) is 0 Å². The first-order valence-electron chi connectivity index (χ1n) is 10.1. The number of benzene rings is 1. The van der Waals surface area contributed by atoms with Crippen molar-refractivity contribution in [3.63, 3.8) is 0 Å². The molecule has 0 radical (unpaired) electrons. The highest BCUT2D eigenvalue weighted by Gasteiger charge is 2.28. The second-order valence-electron chi connectivity index (χ2n) is 7.62. The molecule has 1 N–H and O–H groups in total. The molecule has 0 saturated carbocycles. The summed E-state index contributed by atoms with van der Waals surface area (Å²) in [5.74, 6) is 0. The van der Waals surface area contributed by atoms with Crippen molar-refractivity contribution in [2.75, 3.05) is 39.3 Å². The molecular weight excluding hydrogens is 294 g/mol. The van der Waals surface area contributed by atoms with E-state index >= 15 is 0 Å². The van der Waals surface area contributed by atoms with Crippen molar-refractivity contribution < 1.29 is 0 Å². The van der Waals surface area contributed by atoms with Crippen LogP contribution in [0, 0.1) is 0 Å². The number of hydrogen-bond donors (Lipinski definition) is 1. The molecule has 1 aromatic carbocycles. The topological polar surface area (TPSA) is 18.5 Å². The van der Waals surface area contributed by atoms with Crippen molar-refractivity contribution in [3.8, 4) is 0 Å². The summed E-state index contributed by atoms with van der Waals surface area (Å²) in [6.07, 6.45) is 6.70. The number of nitrogens with one attached hydrogen (secondary N) is 1. The summed E-state index contributed by atoms with van der Waals surface area (Å²) in [4.78, 5) is 5.46. The summed E-state index contributed by atoms with van der Waals surface area (Å²) >= 11 is 0. The molecule has 0 spiro atoms. The Balaban J connectivity index is 1.78. The lowest BCUT2D eigenvalue weighted by Gasteiger charge is -2.42. The van der Waals surface area contributed by atoms with Gasteiger partial charge in [0.05, 0.1) is 0 Å². The number of hydrogen-bond acceptors (Lipinski definition) is 3. The average molecular weight is 330 g/mol. The highest BCUT2D eigenvalue weighted by molar-refractivity contribution is 5.26. The Morgan fingerprint density at radius 3 is 2.38 bits per heavy atom. The Bertz CT molecular complexity index is 476. The van der Waals surface area contributed by atoms with Crippen LogP contribution in [0.3, 0.4) is 0 Å². The van der Waals surface area contributed by atoms with Crippen LogP contribution in [0.15, 0.2) is 24.3 Å². The quantitative estimate of drug-likeness (QED) is 0.892. The van der Waals surface area contributed by atoms with E-state index in [4.69, 9.17) is 0 Å². The highest BCUT2D eigenvalue weighted by atomic mass is 15.3. The molecular formula is C21H35N3. The van der Waals surface area contributed by atoms with Crippen LogP contribution in [0.1, 0.15) is 56.7 Å². The zero-order valence-corrected chi connectivity index (χ0v) is 15.6. The Hall–Kier alpha value is -0.900. The van der Waals surface area contributed by atoms with Crippen LogP contribution < -0.4 is 5.32 Å². The third-order valence-corrected chi connectivity index (χ3v) is 5.86. The molecule has 2 aliphatic rings. The molecule has 2 atom stereocenters. The predicted molar refractivity (Wildman–Crippen MR) is 103 cm³/mol. The summed E-state index contributed by atoms with van der Waals surface area (Å²) in [5, 5.41) is 3.55. The number of piperazine rings is 1. The lowest BCUT2D eigenvalue weighted by molar-refractivity contribution is 0.0851. The van der Waals surface area contributed by atoms with Crippen molar-refractivity contribution in [3.05, 3.63) is 35.4 Å². The fourth-order valence-corrected chi connectivity index (χ4v) is 4.26. The summed E-state index contributed by atoms with van der Waals surface area (Å²) in [5.41, 5.74) is 2.95. The zero-order chi connectivity index (χ0) is 16.8. The highest BCUT2D eigenvalue weighted by Crippen LogP contribution is 2.26. The van der Waals surface area contributed by atoms with Gasteiger partial charge >= 0.3 is 0 Å². The standard InChI is InChI=1S/C21H35N3/c1-3-19-8-10-20(11-9-19)21(24-15-12-22-16-18(24)2)17-23-13-6-4-5-7-14-23/h8-11,18,21-22H,3-7,12-17H2,1-2H3. The fourth-order valence-electron chi connectivity index (χ4n) is 4.26. The molecule has 0 aromatic heterocycles. The van der Waals surface area contributed by atoms with Gasteiger partial charge in [0.15, 0.2) is 0 Å². The molecule has 24 heavy (non-hydrogen) atoms. The Morgan fingerprint density at radius 1 is 1.04 bits per heavy atom. The van der Waals surface area contributed by atoms with Crippen LogP contribution in [0.2, 0.25) is 0 Å². The summed E-state index contributed by atoms with van der Waals surface area (Å²) < 4.78 is 0. The van der Waals surface area contributed by atoms with E-state index in [0.29, 0.717) is 12.1 Å². The smallest absolute Gasteiger partial charge is 0.0479 e. The van der Waals surface area contributed by atoms with E-state index in [0.717, 1.165) is 26.1 Å². The molecule has 3 heteroatoms. The van der Waals surface area contributed by atoms with Crippen LogP contribution in [0.25, 0.3) is 0 Å². The van der Waals surface area contributed by atoms with Gasteiger partial charge in [0, 0.05) is 38.3 Å². The van der Waals surface area contributed by atoms with Crippen LogP contribution >= 0.6 is 0 Å². The lowest BCUT2D eigenvalue weighted by Crippen LogP contribution is -2.53. The van der Waals surface area contributed by atoms with Gasteiger partial charge in [-0.15, -0.1) is 0 Å².